The lowest BCUT2D eigenvalue weighted by atomic mass is 10.1. The molecule has 0 saturated carbocycles. The molecule has 0 fully saturated rings. The Hall–Kier alpha value is -2.20. The van der Waals surface area contributed by atoms with Gasteiger partial charge in [0, 0.05) is 17.9 Å². The van der Waals surface area contributed by atoms with Gasteiger partial charge >= 0.3 is 0 Å². The molecule has 1 unspecified atom stereocenters. The van der Waals surface area contributed by atoms with E-state index in [-0.39, 0.29) is 11.9 Å². The van der Waals surface area contributed by atoms with Crippen molar-refractivity contribution in [1.29, 1.82) is 0 Å². The van der Waals surface area contributed by atoms with E-state index in [0.29, 0.717) is 5.69 Å². The molecule has 1 atom stereocenters. The van der Waals surface area contributed by atoms with Gasteiger partial charge in [0.15, 0.2) is 0 Å². The number of anilines is 1. The van der Waals surface area contributed by atoms with Gasteiger partial charge in [-0.15, -0.1) is 0 Å². The number of carbonyl (C=O) groups is 1. The van der Waals surface area contributed by atoms with Gasteiger partial charge in [0.25, 0.3) is 5.91 Å². The van der Waals surface area contributed by atoms with E-state index in [1.165, 1.54) is 0 Å². The molecule has 3 N–H and O–H groups in total. The first-order valence-corrected chi connectivity index (χ1v) is 6.16. The lowest BCUT2D eigenvalue weighted by Crippen LogP contribution is -2.15. The van der Waals surface area contributed by atoms with Crippen molar-refractivity contribution in [2.45, 2.75) is 19.9 Å². The second-order valence-electron chi connectivity index (χ2n) is 4.53. The van der Waals surface area contributed by atoms with Gasteiger partial charge in [-0.2, -0.15) is 0 Å². The molecule has 4 heteroatoms. The topological polar surface area (TPSA) is 68.0 Å². The summed E-state index contributed by atoms with van der Waals surface area (Å²) in [5.74, 6) is -0.202. The van der Waals surface area contributed by atoms with Crippen LogP contribution in [0.4, 0.5) is 5.69 Å². The average Bonchev–Trinajstić information content (AvgIpc) is 2.39. The fourth-order valence-corrected chi connectivity index (χ4v) is 1.78. The van der Waals surface area contributed by atoms with Crippen molar-refractivity contribution in [3.63, 3.8) is 0 Å². The summed E-state index contributed by atoms with van der Waals surface area (Å²) in [4.78, 5) is 16.1. The summed E-state index contributed by atoms with van der Waals surface area (Å²) in [6, 6.07) is 11.2. The minimum atomic E-state index is -0.202. The quantitative estimate of drug-likeness (QED) is 0.886. The first-order valence-electron chi connectivity index (χ1n) is 6.16. The number of hydrogen-bond donors (Lipinski definition) is 2. The van der Waals surface area contributed by atoms with E-state index in [9.17, 15) is 4.79 Å². The van der Waals surface area contributed by atoms with Gasteiger partial charge in [-0.25, -0.2) is 0 Å². The molecule has 0 bridgehead atoms. The van der Waals surface area contributed by atoms with E-state index in [1.54, 1.807) is 6.20 Å². The van der Waals surface area contributed by atoms with Crippen LogP contribution in [0.2, 0.25) is 0 Å². The van der Waals surface area contributed by atoms with E-state index in [4.69, 9.17) is 5.73 Å². The third-order valence-electron chi connectivity index (χ3n) is 2.92. The summed E-state index contributed by atoms with van der Waals surface area (Å²) in [6.07, 6.45) is 1.61. The van der Waals surface area contributed by atoms with Crippen LogP contribution >= 0.6 is 0 Å². The molecule has 0 aliphatic rings. The predicted octanol–water partition coefficient (Wildman–Crippen LogP) is 2.66. The molecule has 1 amide bonds. The van der Waals surface area contributed by atoms with Gasteiger partial charge in [-0.1, -0.05) is 18.2 Å². The first-order chi connectivity index (χ1) is 9.08. The molecule has 1 aromatic carbocycles. The number of carbonyl (C=O) groups excluding carboxylic acids is 1. The summed E-state index contributed by atoms with van der Waals surface area (Å²) < 4.78 is 0. The summed E-state index contributed by atoms with van der Waals surface area (Å²) in [7, 11) is 0. The minimum absolute atomic E-state index is 0.0113. The third kappa shape index (κ3) is 3.17. The van der Waals surface area contributed by atoms with Crippen LogP contribution in [0.15, 0.2) is 42.6 Å². The first kappa shape index (κ1) is 13.2. The van der Waals surface area contributed by atoms with E-state index in [1.807, 2.05) is 50.2 Å². The Morgan fingerprint density at radius 1 is 1.26 bits per heavy atom. The Morgan fingerprint density at radius 2 is 1.95 bits per heavy atom. The number of aryl methyl sites for hydroxylation is 1. The van der Waals surface area contributed by atoms with Crippen molar-refractivity contribution in [2.75, 3.05) is 5.32 Å². The number of nitrogens with zero attached hydrogens (tertiary/aromatic N) is 1. The minimum Gasteiger partial charge on any atom is -0.324 e. The molecule has 1 aromatic heterocycles. The number of amides is 1. The Bertz CT molecular complexity index is 576. The number of rotatable bonds is 3. The summed E-state index contributed by atoms with van der Waals surface area (Å²) in [5.41, 5.74) is 8.85. The summed E-state index contributed by atoms with van der Waals surface area (Å²) >= 11 is 0. The third-order valence-corrected chi connectivity index (χ3v) is 2.92. The highest BCUT2D eigenvalue weighted by molar-refractivity contribution is 6.03. The number of hydrogen-bond acceptors (Lipinski definition) is 3. The molecule has 19 heavy (non-hydrogen) atoms. The zero-order chi connectivity index (χ0) is 13.8. The van der Waals surface area contributed by atoms with Crippen molar-refractivity contribution in [1.82, 2.24) is 4.98 Å². The van der Waals surface area contributed by atoms with Crippen LogP contribution in [0.3, 0.4) is 0 Å². The van der Waals surface area contributed by atoms with Gasteiger partial charge in [0.1, 0.15) is 5.69 Å². The number of aromatic nitrogens is 1. The lowest BCUT2D eigenvalue weighted by Gasteiger charge is -2.09. The maximum absolute atomic E-state index is 12.1. The van der Waals surface area contributed by atoms with Crippen LogP contribution in [-0.4, -0.2) is 10.9 Å². The van der Waals surface area contributed by atoms with Crippen LogP contribution in [0.1, 0.15) is 34.6 Å². The van der Waals surface area contributed by atoms with E-state index in [2.05, 4.69) is 10.3 Å². The van der Waals surface area contributed by atoms with Gasteiger partial charge in [-0.05, 0) is 43.2 Å². The average molecular weight is 255 g/mol. The van der Waals surface area contributed by atoms with Crippen LogP contribution in [0.25, 0.3) is 0 Å². The molecule has 1 heterocycles. The van der Waals surface area contributed by atoms with E-state index < -0.39 is 0 Å². The van der Waals surface area contributed by atoms with Crippen LogP contribution < -0.4 is 11.1 Å². The second-order valence-corrected chi connectivity index (χ2v) is 4.53. The van der Waals surface area contributed by atoms with Crippen LogP contribution in [0, 0.1) is 6.92 Å². The molecule has 0 radical (unpaired) electrons. The fraction of sp³-hybridized carbons (Fsp3) is 0.200. The Labute approximate surface area is 112 Å². The highest BCUT2D eigenvalue weighted by Crippen LogP contribution is 2.15. The maximum Gasteiger partial charge on any atom is 0.274 e. The zero-order valence-electron chi connectivity index (χ0n) is 11.1. The molecular formula is C15H17N3O. The van der Waals surface area contributed by atoms with Crippen molar-refractivity contribution in [3.8, 4) is 0 Å². The predicted molar refractivity (Wildman–Crippen MR) is 76.0 cm³/mol. The Balaban J connectivity index is 2.13. The lowest BCUT2D eigenvalue weighted by molar-refractivity contribution is 0.102. The molecule has 0 aliphatic carbocycles. The molecule has 0 saturated heterocycles. The smallest absolute Gasteiger partial charge is 0.274 e. The molecule has 2 aromatic rings. The van der Waals surface area contributed by atoms with Crippen LogP contribution in [0.5, 0.6) is 0 Å². The van der Waals surface area contributed by atoms with Gasteiger partial charge in [0.2, 0.25) is 0 Å². The molecule has 98 valence electrons. The Kier molecular flexibility index (Phi) is 3.92. The monoisotopic (exact) mass is 255 g/mol. The number of benzene rings is 1. The molecular weight excluding hydrogens is 238 g/mol. The number of nitrogens with one attached hydrogen (secondary N) is 1. The maximum atomic E-state index is 12.1. The standard InChI is InChI=1S/C15H17N3O/c1-10-4-3-9-17-14(10)15(19)18-13-7-5-12(6-8-13)11(2)16/h3-9,11H,16H2,1-2H3,(H,18,19). The fourth-order valence-electron chi connectivity index (χ4n) is 1.78. The van der Waals surface area contributed by atoms with Crippen molar-refractivity contribution in [2.24, 2.45) is 5.73 Å². The van der Waals surface area contributed by atoms with Gasteiger partial charge in [-0.3, -0.25) is 9.78 Å². The van der Waals surface area contributed by atoms with E-state index >= 15 is 0 Å². The zero-order valence-corrected chi connectivity index (χ0v) is 11.1. The molecule has 0 spiro atoms. The largest absolute Gasteiger partial charge is 0.324 e. The van der Waals surface area contributed by atoms with Crippen molar-refractivity contribution < 1.29 is 4.79 Å². The highest BCUT2D eigenvalue weighted by atomic mass is 16.1. The van der Waals surface area contributed by atoms with Crippen molar-refractivity contribution in [3.05, 3.63) is 59.4 Å². The van der Waals surface area contributed by atoms with Crippen molar-refractivity contribution >= 4 is 11.6 Å². The number of pyridine rings is 1. The Morgan fingerprint density at radius 3 is 2.53 bits per heavy atom. The molecule has 4 nitrogen and oxygen atoms in total. The SMILES string of the molecule is Cc1cccnc1C(=O)Nc1ccc(C(C)N)cc1. The van der Waals surface area contributed by atoms with E-state index in [0.717, 1.165) is 16.8 Å². The van der Waals surface area contributed by atoms with Crippen LogP contribution in [-0.2, 0) is 0 Å². The number of nitrogens with two attached hydrogens (primary N) is 1. The summed E-state index contributed by atoms with van der Waals surface area (Å²) in [6.45, 7) is 3.78. The normalized spacial score (nSPS) is 11.9. The second kappa shape index (κ2) is 5.63. The molecule has 2 rings (SSSR count). The highest BCUT2D eigenvalue weighted by Gasteiger charge is 2.10. The molecule has 0 aliphatic heterocycles. The van der Waals surface area contributed by atoms with Gasteiger partial charge < -0.3 is 11.1 Å². The van der Waals surface area contributed by atoms with Gasteiger partial charge in [0.05, 0.1) is 0 Å². The summed E-state index contributed by atoms with van der Waals surface area (Å²) in [5, 5.41) is 2.82.